The van der Waals surface area contributed by atoms with Crippen LogP contribution in [0, 0.1) is 6.92 Å². The van der Waals surface area contributed by atoms with E-state index in [4.69, 9.17) is 5.73 Å². The first kappa shape index (κ1) is 11.0. The van der Waals surface area contributed by atoms with Crippen LogP contribution in [-0.4, -0.2) is 0 Å². The second-order valence-corrected chi connectivity index (χ2v) is 4.51. The van der Waals surface area contributed by atoms with Gasteiger partial charge in [0.2, 0.25) is 0 Å². The maximum atomic E-state index is 5.64. The van der Waals surface area contributed by atoms with Crippen LogP contribution in [0.1, 0.15) is 5.56 Å². The second-order valence-electron chi connectivity index (χ2n) is 3.66. The molecule has 2 aromatic carbocycles. The molecular formula is C13H13BrN2. The van der Waals surface area contributed by atoms with E-state index in [1.807, 2.05) is 36.4 Å². The Kier molecular flexibility index (Phi) is 3.15. The maximum absolute atomic E-state index is 5.64. The van der Waals surface area contributed by atoms with Crippen molar-refractivity contribution in [3.63, 3.8) is 0 Å². The smallest absolute Gasteiger partial charge is 0.0425 e. The minimum absolute atomic E-state index is 0.775. The molecular weight excluding hydrogens is 264 g/mol. The molecule has 0 amide bonds. The Morgan fingerprint density at radius 3 is 2.44 bits per heavy atom. The molecule has 0 aliphatic heterocycles. The van der Waals surface area contributed by atoms with Crippen LogP contribution in [0.3, 0.4) is 0 Å². The first-order chi connectivity index (χ1) is 7.66. The van der Waals surface area contributed by atoms with Gasteiger partial charge in [-0.25, -0.2) is 0 Å². The van der Waals surface area contributed by atoms with E-state index >= 15 is 0 Å². The van der Waals surface area contributed by atoms with Gasteiger partial charge in [-0.1, -0.05) is 22.0 Å². The number of halogens is 1. The van der Waals surface area contributed by atoms with E-state index < -0.39 is 0 Å². The van der Waals surface area contributed by atoms with E-state index in [0.717, 1.165) is 21.5 Å². The summed E-state index contributed by atoms with van der Waals surface area (Å²) in [5.41, 5.74) is 9.74. The molecule has 0 bridgehead atoms. The standard InChI is InChI=1S/C13H13BrN2/c1-9-12(14)3-2-4-13(9)16-11-7-5-10(15)6-8-11/h2-8,16H,15H2,1H3. The molecule has 0 saturated carbocycles. The summed E-state index contributed by atoms with van der Waals surface area (Å²) in [5.74, 6) is 0. The summed E-state index contributed by atoms with van der Waals surface area (Å²) in [7, 11) is 0. The minimum atomic E-state index is 0.775. The van der Waals surface area contributed by atoms with Crippen molar-refractivity contribution in [2.75, 3.05) is 11.1 Å². The minimum Gasteiger partial charge on any atom is -0.399 e. The highest BCUT2D eigenvalue weighted by atomic mass is 79.9. The molecule has 0 heterocycles. The molecule has 16 heavy (non-hydrogen) atoms. The van der Waals surface area contributed by atoms with E-state index in [1.165, 1.54) is 5.56 Å². The molecule has 0 spiro atoms. The number of nitrogens with one attached hydrogen (secondary N) is 1. The van der Waals surface area contributed by atoms with E-state index in [-0.39, 0.29) is 0 Å². The van der Waals surface area contributed by atoms with Crippen molar-refractivity contribution in [3.8, 4) is 0 Å². The summed E-state index contributed by atoms with van der Waals surface area (Å²) in [6, 6.07) is 13.8. The SMILES string of the molecule is Cc1c(Br)cccc1Nc1ccc(N)cc1. The summed E-state index contributed by atoms with van der Waals surface area (Å²) in [6.45, 7) is 2.07. The molecule has 0 aromatic heterocycles. The molecule has 82 valence electrons. The summed E-state index contributed by atoms with van der Waals surface area (Å²) in [4.78, 5) is 0. The van der Waals surface area contributed by atoms with Crippen LogP contribution in [0.4, 0.5) is 17.1 Å². The molecule has 0 unspecified atom stereocenters. The first-order valence-electron chi connectivity index (χ1n) is 5.04. The Morgan fingerprint density at radius 1 is 1.06 bits per heavy atom. The summed E-state index contributed by atoms with van der Waals surface area (Å²) < 4.78 is 1.10. The largest absolute Gasteiger partial charge is 0.399 e. The van der Waals surface area contributed by atoms with Crippen LogP contribution in [0.15, 0.2) is 46.9 Å². The fourth-order valence-corrected chi connectivity index (χ4v) is 1.83. The molecule has 0 saturated heterocycles. The van der Waals surface area contributed by atoms with Crippen LogP contribution in [0.2, 0.25) is 0 Å². The van der Waals surface area contributed by atoms with Gasteiger partial charge in [0.15, 0.2) is 0 Å². The van der Waals surface area contributed by atoms with Crippen molar-refractivity contribution in [1.29, 1.82) is 0 Å². The summed E-state index contributed by atoms with van der Waals surface area (Å²) in [5, 5.41) is 3.35. The van der Waals surface area contributed by atoms with Gasteiger partial charge in [-0.3, -0.25) is 0 Å². The molecule has 0 radical (unpaired) electrons. The number of anilines is 3. The Hall–Kier alpha value is -1.48. The van der Waals surface area contributed by atoms with Gasteiger partial charge in [-0.2, -0.15) is 0 Å². The molecule has 2 nitrogen and oxygen atoms in total. The van der Waals surface area contributed by atoms with Gasteiger partial charge in [-0.05, 0) is 48.9 Å². The third-order valence-corrected chi connectivity index (χ3v) is 3.32. The van der Waals surface area contributed by atoms with E-state index in [0.29, 0.717) is 0 Å². The number of nitrogen functional groups attached to an aromatic ring is 1. The number of rotatable bonds is 2. The third kappa shape index (κ3) is 2.36. The number of hydrogen-bond acceptors (Lipinski definition) is 2. The third-order valence-electron chi connectivity index (χ3n) is 2.46. The zero-order chi connectivity index (χ0) is 11.5. The summed E-state index contributed by atoms with van der Waals surface area (Å²) >= 11 is 3.51. The lowest BCUT2D eigenvalue weighted by molar-refractivity contribution is 1.40. The second kappa shape index (κ2) is 4.58. The van der Waals surface area contributed by atoms with E-state index in [9.17, 15) is 0 Å². The molecule has 2 aromatic rings. The Balaban J connectivity index is 2.27. The van der Waals surface area contributed by atoms with Crippen molar-refractivity contribution in [1.82, 2.24) is 0 Å². The van der Waals surface area contributed by atoms with Crippen LogP contribution in [0.5, 0.6) is 0 Å². The number of hydrogen-bond donors (Lipinski definition) is 2. The van der Waals surface area contributed by atoms with Crippen molar-refractivity contribution in [2.24, 2.45) is 0 Å². The predicted molar refractivity (Wildman–Crippen MR) is 73.0 cm³/mol. The molecule has 0 aliphatic carbocycles. The lowest BCUT2D eigenvalue weighted by Gasteiger charge is -2.10. The lowest BCUT2D eigenvalue weighted by atomic mass is 10.2. The highest BCUT2D eigenvalue weighted by molar-refractivity contribution is 9.10. The van der Waals surface area contributed by atoms with Gasteiger partial charge in [-0.15, -0.1) is 0 Å². The van der Waals surface area contributed by atoms with E-state index in [1.54, 1.807) is 0 Å². The monoisotopic (exact) mass is 276 g/mol. The van der Waals surface area contributed by atoms with Gasteiger partial charge < -0.3 is 11.1 Å². The van der Waals surface area contributed by atoms with Crippen molar-refractivity contribution < 1.29 is 0 Å². The van der Waals surface area contributed by atoms with Crippen molar-refractivity contribution >= 4 is 33.0 Å². The maximum Gasteiger partial charge on any atom is 0.0425 e. The lowest BCUT2D eigenvalue weighted by Crippen LogP contribution is -1.94. The van der Waals surface area contributed by atoms with Gasteiger partial charge >= 0.3 is 0 Å². The normalized spacial score (nSPS) is 10.1. The van der Waals surface area contributed by atoms with Crippen LogP contribution in [0.25, 0.3) is 0 Å². The Morgan fingerprint density at radius 2 is 1.75 bits per heavy atom. The molecule has 2 rings (SSSR count). The zero-order valence-electron chi connectivity index (χ0n) is 9.00. The summed E-state index contributed by atoms with van der Waals surface area (Å²) in [6.07, 6.45) is 0. The fraction of sp³-hybridized carbons (Fsp3) is 0.0769. The van der Waals surface area contributed by atoms with Gasteiger partial charge in [0.05, 0.1) is 0 Å². The molecule has 0 aliphatic rings. The number of benzene rings is 2. The molecule has 3 N–H and O–H groups in total. The van der Waals surface area contributed by atoms with Crippen LogP contribution >= 0.6 is 15.9 Å². The Bertz CT molecular complexity index is 492. The zero-order valence-corrected chi connectivity index (χ0v) is 10.6. The fourth-order valence-electron chi connectivity index (χ4n) is 1.46. The van der Waals surface area contributed by atoms with Crippen LogP contribution < -0.4 is 11.1 Å². The van der Waals surface area contributed by atoms with Crippen LogP contribution in [-0.2, 0) is 0 Å². The highest BCUT2D eigenvalue weighted by Crippen LogP contribution is 2.26. The van der Waals surface area contributed by atoms with Gasteiger partial charge in [0, 0.05) is 21.5 Å². The molecule has 0 atom stereocenters. The topological polar surface area (TPSA) is 38.0 Å². The average Bonchev–Trinajstić information content (AvgIpc) is 2.28. The van der Waals surface area contributed by atoms with Crippen molar-refractivity contribution in [2.45, 2.75) is 6.92 Å². The van der Waals surface area contributed by atoms with Crippen molar-refractivity contribution in [3.05, 3.63) is 52.5 Å². The highest BCUT2D eigenvalue weighted by Gasteiger charge is 2.01. The quantitative estimate of drug-likeness (QED) is 0.811. The van der Waals surface area contributed by atoms with Gasteiger partial charge in [0.1, 0.15) is 0 Å². The first-order valence-corrected chi connectivity index (χ1v) is 5.84. The van der Waals surface area contributed by atoms with Gasteiger partial charge in [0.25, 0.3) is 0 Å². The molecule has 0 fully saturated rings. The average molecular weight is 277 g/mol. The van der Waals surface area contributed by atoms with E-state index in [2.05, 4.69) is 34.2 Å². The Labute approximate surface area is 104 Å². The predicted octanol–water partition coefficient (Wildman–Crippen LogP) is 4.08. The number of nitrogens with two attached hydrogens (primary N) is 1. The molecule has 3 heteroatoms.